The highest BCUT2D eigenvalue weighted by Crippen LogP contribution is 2.33. The lowest BCUT2D eigenvalue weighted by atomic mass is 10.0. The highest BCUT2D eigenvalue weighted by atomic mass is 32.2. The Morgan fingerprint density at radius 2 is 1.76 bits per heavy atom. The van der Waals surface area contributed by atoms with E-state index in [1.807, 2.05) is 26.8 Å². The van der Waals surface area contributed by atoms with Crippen LogP contribution < -0.4 is 4.74 Å². The van der Waals surface area contributed by atoms with E-state index in [1.165, 1.54) is 0 Å². The van der Waals surface area contributed by atoms with Crippen molar-refractivity contribution in [1.29, 1.82) is 0 Å². The van der Waals surface area contributed by atoms with E-state index >= 15 is 0 Å². The molecule has 0 radical (unpaired) electrons. The van der Waals surface area contributed by atoms with Crippen LogP contribution in [0.1, 0.15) is 50.2 Å². The summed E-state index contributed by atoms with van der Waals surface area (Å²) in [6.45, 7) is 7.19. The van der Waals surface area contributed by atoms with Crippen molar-refractivity contribution in [2.45, 2.75) is 50.8 Å². The molecule has 0 atom stereocenters. The van der Waals surface area contributed by atoms with Crippen LogP contribution >= 0.6 is 0 Å². The van der Waals surface area contributed by atoms with Crippen molar-refractivity contribution in [2.75, 3.05) is 20.2 Å². The van der Waals surface area contributed by atoms with E-state index in [1.54, 1.807) is 17.5 Å². The number of aryl methyl sites for hydroxylation is 1. The van der Waals surface area contributed by atoms with Crippen molar-refractivity contribution < 1.29 is 13.2 Å². The van der Waals surface area contributed by atoms with Gasteiger partial charge in [-0.25, -0.2) is 8.42 Å². The lowest BCUT2D eigenvalue weighted by Gasteiger charge is -2.27. The number of ether oxygens (including phenoxy) is 1. The zero-order chi connectivity index (χ0) is 15.6. The van der Waals surface area contributed by atoms with E-state index in [2.05, 4.69) is 0 Å². The largest absolute Gasteiger partial charge is 0.496 e. The van der Waals surface area contributed by atoms with Gasteiger partial charge in [0, 0.05) is 13.1 Å². The molecule has 1 saturated heterocycles. The smallest absolute Gasteiger partial charge is 0.243 e. The van der Waals surface area contributed by atoms with Crippen molar-refractivity contribution in [3.8, 4) is 5.75 Å². The Morgan fingerprint density at radius 1 is 1.14 bits per heavy atom. The summed E-state index contributed by atoms with van der Waals surface area (Å²) in [5, 5.41) is 0. The fraction of sp³-hybridized carbons (Fsp3) is 0.625. The predicted octanol–water partition coefficient (Wildman–Crippen LogP) is 3.30. The summed E-state index contributed by atoms with van der Waals surface area (Å²) in [6, 6.07) is 3.63. The van der Waals surface area contributed by atoms with Crippen molar-refractivity contribution in [3.05, 3.63) is 23.3 Å². The van der Waals surface area contributed by atoms with Gasteiger partial charge in [0.15, 0.2) is 0 Å². The first kappa shape index (κ1) is 16.3. The van der Waals surface area contributed by atoms with Crippen LogP contribution in [0.15, 0.2) is 17.0 Å². The molecule has 1 aromatic rings. The lowest BCUT2D eigenvalue weighted by Crippen LogP contribution is -2.36. The van der Waals surface area contributed by atoms with Crippen LogP contribution in [0, 0.1) is 6.92 Å². The standard InChI is InChI=1S/C16H25NO3S/c1-12(2)14-11-16(13(3)10-15(14)20-4)21(18,19)17-8-6-5-7-9-17/h10-12H,5-9H2,1-4H3. The van der Waals surface area contributed by atoms with E-state index in [9.17, 15) is 8.42 Å². The van der Waals surface area contributed by atoms with Crippen molar-refractivity contribution in [1.82, 2.24) is 4.31 Å². The number of nitrogens with zero attached hydrogens (tertiary/aromatic N) is 1. The monoisotopic (exact) mass is 311 g/mol. The fourth-order valence-corrected chi connectivity index (χ4v) is 4.59. The molecule has 1 aromatic carbocycles. The SMILES string of the molecule is COc1cc(C)c(S(=O)(=O)N2CCCCC2)cc1C(C)C. The number of rotatable bonds is 4. The Kier molecular flexibility index (Phi) is 4.94. The van der Waals surface area contributed by atoms with Gasteiger partial charge < -0.3 is 4.74 Å². The van der Waals surface area contributed by atoms with Gasteiger partial charge >= 0.3 is 0 Å². The minimum Gasteiger partial charge on any atom is -0.496 e. The molecule has 0 N–H and O–H groups in total. The summed E-state index contributed by atoms with van der Waals surface area (Å²) in [5.74, 6) is 0.982. The zero-order valence-electron chi connectivity index (χ0n) is 13.3. The molecule has 118 valence electrons. The zero-order valence-corrected chi connectivity index (χ0v) is 14.2. The Morgan fingerprint density at radius 3 is 2.29 bits per heavy atom. The van der Waals surface area contributed by atoms with E-state index < -0.39 is 10.0 Å². The number of benzene rings is 1. The van der Waals surface area contributed by atoms with E-state index in [0.29, 0.717) is 18.0 Å². The van der Waals surface area contributed by atoms with Gasteiger partial charge in [-0.3, -0.25) is 0 Å². The molecule has 1 heterocycles. The van der Waals surface area contributed by atoms with E-state index in [4.69, 9.17) is 4.74 Å². The van der Waals surface area contributed by atoms with Crippen LogP contribution in [0.4, 0.5) is 0 Å². The molecule has 5 heteroatoms. The molecule has 0 unspecified atom stereocenters. The van der Waals surface area contributed by atoms with Gasteiger partial charge in [0.2, 0.25) is 10.0 Å². The van der Waals surface area contributed by atoms with Crippen LogP contribution in [0.3, 0.4) is 0 Å². The van der Waals surface area contributed by atoms with Crippen LogP contribution in [0.5, 0.6) is 5.75 Å². The lowest BCUT2D eigenvalue weighted by molar-refractivity contribution is 0.346. The third-order valence-corrected chi connectivity index (χ3v) is 6.12. The Balaban J connectivity index is 2.49. The Hall–Kier alpha value is -1.07. The topological polar surface area (TPSA) is 46.6 Å². The summed E-state index contributed by atoms with van der Waals surface area (Å²) in [5.41, 5.74) is 1.69. The second kappa shape index (κ2) is 6.36. The molecule has 0 aliphatic carbocycles. The number of sulfonamides is 1. The molecule has 0 spiro atoms. The van der Waals surface area contributed by atoms with Crippen LogP contribution in [0.25, 0.3) is 0 Å². The van der Waals surface area contributed by atoms with Crippen LogP contribution in [0.2, 0.25) is 0 Å². The average Bonchev–Trinajstić information content (AvgIpc) is 2.47. The molecule has 0 aromatic heterocycles. The first-order valence-corrected chi connectivity index (χ1v) is 9.00. The summed E-state index contributed by atoms with van der Waals surface area (Å²) in [6.07, 6.45) is 3.02. The van der Waals surface area contributed by atoms with Crippen molar-refractivity contribution in [3.63, 3.8) is 0 Å². The third kappa shape index (κ3) is 3.24. The van der Waals surface area contributed by atoms with Gasteiger partial charge in [-0.2, -0.15) is 4.31 Å². The predicted molar refractivity (Wildman–Crippen MR) is 84.4 cm³/mol. The average molecular weight is 311 g/mol. The summed E-state index contributed by atoms with van der Waals surface area (Å²) >= 11 is 0. The molecule has 21 heavy (non-hydrogen) atoms. The molecule has 1 aliphatic heterocycles. The maximum Gasteiger partial charge on any atom is 0.243 e. The first-order valence-electron chi connectivity index (χ1n) is 7.56. The van der Waals surface area contributed by atoms with Crippen LogP contribution in [-0.4, -0.2) is 32.9 Å². The molecular weight excluding hydrogens is 286 g/mol. The number of hydrogen-bond donors (Lipinski definition) is 0. The minimum atomic E-state index is -3.40. The maximum absolute atomic E-state index is 12.9. The number of methoxy groups -OCH3 is 1. The van der Waals surface area contributed by atoms with Crippen molar-refractivity contribution >= 4 is 10.0 Å². The third-order valence-electron chi connectivity index (χ3n) is 4.08. The van der Waals surface area contributed by atoms with Gasteiger partial charge in [0.1, 0.15) is 5.75 Å². The van der Waals surface area contributed by atoms with E-state index in [0.717, 1.165) is 36.1 Å². The Bertz CT molecular complexity index is 602. The van der Waals surface area contributed by atoms with Gasteiger partial charge in [0.05, 0.1) is 12.0 Å². The summed E-state index contributed by atoms with van der Waals surface area (Å²) in [7, 11) is -1.77. The molecule has 4 nitrogen and oxygen atoms in total. The molecule has 2 rings (SSSR count). The molecule has 0 saturated carbocycles. The minimum absolute atomic E-state index is 0.218. The molecule has 1 fully saturated rings. The number of piperidine rings is 1. The van der Waals surface area contributed by atoms with Gasteiger partial charge in [0.25, 0.3) is 0 Å². The fourth-order valence-electron chi connectivity index (χ4n) is 2.83. The maximum atomic E-state index is 12.9. The molecular formula is C16H25NO3S. The highest BCUT2D eigenvalue weighted by molar-refractivity contribution is 7.89. The summed E-state index contributed by atoms with van der Waals surface area (Å²) in [4.78, 5) is 0.425. The van der Waals surface area contributed by atoms with Crippen LogP contribution in [-0.2, 0) is 10.0 Å². The first-order chi connectivity index (χ1) is 9.87. The van der Waals surface area contributed by atoms with Gasteiger partial charge in [-0.15, -0.1) is 0 Å². The molecule has 1 aliphatic rings. The second-order valence-corrected chi connectivity index (χ2v) is 7.89. The Labute approximate surface area is 128 Å². The normalized spacial score (nSPS) is 17.2. The second-order valence-electron chi connectivity index (χ2n) is 5.98. The van der Waals surface area contributed by atoms with E-state index in [-0.39, 0.29) is 5.92 Å². The quantitative estimate of drug-likeness (QED) is 0.857. The van der Waals surface area contributed by atoms with Gasteiger partial charge in [-0.1, -0.05) is 20.3 Å². The molecule has 0 bridgehead atoms. The molecule has 0 amide bonds. The number of hydrogen-bond acceptors (Lipinski definition) is 3. The summed E-state index contributed by atoms with van der Waals surface area (Å²) < 4.78 is 32.7. The highest BCUT2D eigenvalue weighted by Gasteiger charge is 2.28. The van der Waals surface area contributed by atoms with Crippen molar-refractivity contribution in [2.24, 2.45) is 0 Å². The van der Waals surface area contributed by atoms with Gasteiger partial charge in [-0.05, 0) is 48.9 Å².